The summed E-state index contributed by atoms with van der Waals surface area (Å²) in [5, 5.41) is 37.8. The van der Waals surface area contributed by atoms with Gasteiger partial charge in [0.05, 0.1) is 34.9 Å². The molecule has 5 aliphatic rings. The van der Waals surface area contributed by atoms with E-state index in [4.69, 9.17) is 9.47 Å². The number of ether oxygens (including phenoxy) is 2. The van der Waals surface area contributed by atoms with Crippen LogP contribution in [0, 0.1) is 5.92 Å². The lowest BCUT2D eigenvalue weighted by Crippen LogP contribution is -2.75. The molecule has 0 radical (unpaired) electrons. The van der Waals surface area contributed by atoms with Gasteiger partial charge in [0.25, 0.3) is 5.91 Å². The smallest absolute Gasteiger partial charge is 0.340 e. The number of aliphatic hydroxyl groups is 2. The van der Waals surface area contributed by atoms with Crippen molar-refractivity contribution in [1.29, 1.82) is 0 Å². The minimum Gasteiger partial charge on any atom is -0.508 e. The third-order valence-electron chi connectivity index (χ3n) is 9.43. The topological polar surface area (TPSA) is 129 Å². The van der Waals surface area contributed by atoms with E-state index in [-0.39, 0.29) is 46.5 Å². The van der Waals surface area contributed by atoms with E-state index in [1.165, 1.54) is 20.0 Å². The Morgan fingerprint density at radius 2 is 2.03 bits per heavy atom. The van der Waals surface area contributed by atoms with Crippen LogP contribution in [0.3, 0.4) is 0 Å². The Morgan fingerprint density at radius 3 is 2.77 bits per heavy atom. The monoisotopic (exact) mass is 596 g/mol. The number of nitrogens with zero attached hydrogens (tertiary/aromatic N) is 1. The highest BCUT2D eigenvalue weighted by molar-refractivity contribution is 9.10. The first-order chi connectivity index (χ1) is 18.7. The molecule has 2 aromatic rings. The van der Waals surface area contributed by atoms with Gasteiger partial charge in [-0.05, 0) is 68.0 Å². The van der Waals surface area contributed by atoms with Crippen LogP contribution in [0.1, 0.15) is 47.2 Å². The van der Waals surface area contributed by atoms with Crippen molar-refractivity contribution >= 4 is 33.5 Å². The molecule has 7 rings (SSSR count). The number of nitrogens with one attached hydrogen (secondary N) is 1. The fourth-order valence-electron chi connectivity index (χ4n) is 7.47. The highest BCUT2D eigenvalue weighted by Gasteiger charge is 2.73. The molecular weight excluding hydrogens is 568 g/mol. The molecule has 9 nitrogen and oxygen atoms in total. The number of aliphatic hydroxyl groups excluding tert-OH is 1. The Kier molecular flexibility index (Phi) is 5.41. The quantitative estimate of drug-likeness (QED) is 0.386. The number of hydrogen-bond donors (Lipinski definition) is 4. The number of esters is 1. The summed E-state index contributed by atoms with van der Waals surface area (Å²) in [5.74, 6) is -0.675. The van der Waals surface area contributed by atoms with Gasteiger partial charge < -0.3 is 30.1 Å². The molecule has 39 heavy (non-hydrogen) atoms. The van der Waals surface area contributed by atoms with Gasteiger partial charge in [-0.1, -0.05) is 22.0 Å². The first-order valence-electron chi connectivity index (χ1n) is 13.3. The second-order valence-corrected chi connectivity index (χ2v) is 12.3. The highest BCUT2D eigenvalue weighted by atomic mass is 79.9. The molecule has 1 amide bonds. The number of rotatable bonds is 5. The van der Waals surface area contributed by atoms with Gasteiger partial charge in [-0.2, -0.15) is 0 Å². The number of carbonyl (C=O) groups excluding carboxylic acids is 2. The number of halogens is 1. The van der Waals surface area contributed by atoms with Crippen LogP contribution >= 0.6 is 15.9 Å². The van der Waals surface area contributed by atoms with E-state index in [9.17, 15) is 24.9 Å². The van der Waals surface area contributed by atoms with E-state index >= 15 is 0 Å². The number of hydrogen-bond acceptors (Lipinski definition) is 8. The average molecular weight is 597 g/mol. The lowest BCUT2D eigenvalue weighted by molar-refractivity contribution is -0.172. The van der Waals surface area contributed by atoms with Crippen LogP contribution in [0.15, 0.2) is 46.1 Å². The number of piperidine rings is 1. The summed E-state index contributed by atoms with van der Waals surface area (Å²) in [4.78, 5) is 28.5. The summed E-state index contributed by atoms with van der Waals surface area (Å²) < 4.78 is 11.8. The maximum absolute atomic E-state index is 13.7. The fraction of sp³-hybridized carbons (Fsp3) is 0.448. The summed E-state index contributed by atoms with van der Waals surface area (Å²) in [6, 6.07) is 8.01. The molecule has 3 aliphatic carbocycles. The van der Waals surface area contributed by atoms with Gasteiger partial charge in [0, 0.05) is 29.0 Å². The third-order valence-corrected chi connectivity index (χ3v) is 9.92. The molecule has 204 valence electrons. The molecule has 0 unspecified atom stereocenters. The first kappa shape index (κ1) is 24.9. The van der Waals surface area contributed by atoms with Crippen LogP contribution in [0.5, 0.6) is 11.5 Å². The van der Waals surface area contributed by atoms with Gasteiger partial charge in [0.15, 0.2) is 17.6 Å². The second kappa shape index (κ2) is 8.46. The van der Waals surface area contributed by atoms with Gasteiger partial charge in [0.1, 0.15) is 5.76 Å². The van der Waals surface area contributed by atoms with Crippen LogP contribution < -0.4 is 10.1 Å². The molecule has 2 heterocycles. The zero-order valence-electron chi connectivity index (χ0n) is 21.4. The number of aromatic hydroxyl groups is 1. The van der Waals surface area contributed by atoms with E-state index in [2.05, 4.69) is 26.1 Å². The molecule has 4 atom stereocenters. The van der Waals surface area contributed by atoms with Crippen molar-refractivity contribution in [2.75, 3.05) is 25.5 Å². The van der Waals surface area contributed by atoms with Crippen LogP contribution in [0.2, 0.25) is 0 Å². The van der Waals surface area contributed by atoms with Gasteiger partial charge in [0.2, 0.25) is 0 Å². The van der Waals surface area contributed by atoms with Crippen LogP contribution in [0.4, 0.5) is 5.69 Å². The average Bonchev–Trinajstić information content (AvgIpc) is 3.66. The molecule has 2 aromatic carbocycles. The molecule has 1 saturated heterocycles. The van der Waals surface area contributed by atoms with Crippen molar-refractivity contribution in [2.45, 2.75) is 55.3 Å². The predicted molar refractivity (Wildman–Crippen MR) is 144 cm³/mol. The summed E-state index contributed by atoms with van der Waals surface area (Å²) in [7, 11) is 1.26. The normalized spacial score (nSPS) is 30.4. The summed E-state index contributed by atoms with van der Waals surface area (Å²) in [5.41, 5.74) is -0.273. The van der Waals surface area contributed by atoms with Crippen LogP contribution in [-0.4, -0.2) is 70.0 Å². The molecule has 0 aromatic heterocycles. The van der Waals surface area contributed by atoms with E-state index < -0.39 is 29.0 Å². The molecule has 4 N–H and O–H groups in total. The van der Waals surface area contributed by atoms with Crippen LogP contribution in [0.25, 0.3) is 0 Å². The fourth-order valence-corrected chi connectivity index (χ4v) is 7.83. The maximum atomic E-state index is 13.7. The minimum absolute atomic E-state index is 0.00544. The van der Waals surface area contributed by atoms with E-state index in [1.807, 2.05) is 6.07 Å². The predicted octanol–water partition coefficient (Wildman–Crippen LogP) is 3.57. The number of methoxy groups -OCH3 is 1. The lowest BCUT2D eigenvalue weighted by Gasteiger charge is -2.62. The van der Waals surface area contributed by atoms with E-state index in [1.54, 1.807) is 24.3 Å². The Hall–Kier alpha value is -3.08. The summed E-state index contributed by atoms with van der Waals surface area (Å²) in [6.07, 6.45) is 2.33. The number of likely N-dealkylation sites (tertiary alicyclic amines) is 1. The van der Waals surface area contributed by atoms with Crippen molar-refractivity contribution in [3.8, 4) is 11.5 Å². The highest BCUT2D eigenvalue weighted by Crippen LogP contribution is 2.66. The van der Waals surface area contributed by atoms with E-state index in [0.717, 1.165) is 24.2 Å². The number of carbonyl (C=O) groups is 2. The van der Waals surface area contributed by atoms with Crippen LogP contribution in [-0.2, 0) is 21.4 Å². The molecule has 1 saturated carbocycles. The number of amides is 1. The van der Waals surface area contributed by atoms with E-state index in [0.29, 0.717) is 23.2 Å². The zero-order chi connectivity index (χ0) is 27.3. The number of anilines is 1. The third kappa shape index (κ3) is 3.37. The Morgan fingerprint density at radius 1 is 1.23 bits per heavy atom. The molecule has 2 bridgehead atoms. The molecule has 2 fully saturated rings. The summed E-state index contributed by atoms with van der Waals surface area (Å²) in [6.45, 7) is 1.61. The van der Waals surface area contributed by atoms with Crippen molar-refractivity contribution in [3.05, 3.63) is 62.8 Å². The number of phenols is 1. The largest absolute Gasteiger partial charge is 0.508 e. The SMILES string of the molecule is COC(=O)c1cc(Br)ccc1NC(=O)C1=C(O)[C@@H]2Oc3c(O)ccc4c3[C@@]23CCN(CC2CC2)[C@H](C4)[C@]3(O)C1. The zero-order valence-corrected chi connectivity index (χ0v) is 23.0. The maximum Gasteiger partial charge on any atom is 0.340 e. The molecular formula is C29H29BrN2O7. The molecule has 10 heteroatoms. The number of benzene rings is 2. The van der Waals surface area contributed by atoms with Gasteiger partial charge >= 0.3 is 5.97 Å². The van der Waals surface area contributed by atoms with Crippen molar-refractivity contribution < 1.29 is 34.4 Å². The standard InChI is InChI=1S/C29H29BrN2O7/c1-38-27(36)17-11-16(30)5-6-19(17)31-26(35)18-12-29(37)21-10-15-4-7-20(33)24-22(15)28(29,25(39-24)23(18)34)8-9-32(21)13-14-2-3-14/h4-7,11,14,21,25,33-34,37H,2-3,8-10,12-13H2,1H3,(H,31,35)/t21-,25+,28+,29-/m1/s1. The first-order valence-corrected chi connectivity index (χ1v) is 14.1. The minimum atomic E-state index is -1.42. The molecule has 1 spiro atoms. The summed E-state index contributed by atoms with van der Waals surface area (Å²) >= 11 is 3.34. The lowest BCUT2D eigenvalue weighted by atomic mass is 9.49. The van der Waals surface area contributed by atoms with Crippen molar-refractivity contribution in [3.63, 3.8) is 0 Å². The van der Waals surface area contributed by atoms with Gasteiger partial charge in [-0.3, -0.25) is 9.69 Å². The van der Waals surface area contributed by atoms with Gasteiger partial charge in [-0.15, -0.1) is 0 Å². The second-order valence-electron chi connectivity index (χ2n) is 11.4. The molecule has 2 aliphatic heterocycles. The van der Waals surface area contributed by atoms with Gasteiger partial charge in [-0.25, -0.2) is 4.79 Å². The van der Waals surface area contributed by atoms with Crippen molar-refractivity contribution in [2.24, 2.45) is 5.92 Å². The Labute approximate surface area is 233 Å². The Balaban J connectivity index is 1.33. The van der Waals surface area contributed by atoms with Crippen molar-refractivity contribution in [1.82, 2.24) is 4.90 Å². The number of phenolic OH excluding ortho intramolecular Hbond substituents is 1. The Bertz CT molecular complexity index is 1470.